The van der Waals surface area contributed by atoms with Gasteiger partial charge >= 0.3 is 0 Å². The number of hydrogen-bond acceptors (Lipinski definition) is 2. The molecule has 4 aromatic rings. The fraction of sp³-hybridized carbons (Fsp3) is 0.200. The van der Waals surface area contributed by atoms with Gasteiger partial charge in [0, 0.05) is 29.2 Å². The number of aromatic amines is 1. The van der Waals surface area contributed by atoms with Gasteiger partial charge in [-0.3, -0.25) is 9.78 Å². The molecule has 2 aromatic heterocycles. The first kappa shape index (κ1) is 18.9. The van der Waals surface area contributed by atoms with Crippen molar-refractivity contribution in [3.8, 4) is 11.4 Å². The lowest BCUT2D eigenvalue weighted by molar-refractivity contribution is -0.116. The smallest absolute Gasteiger partial charge is 0.224 e. The maximum Gasteiger partial charge on any atom is 0.224 e. The molecule has 2 N–H and O–H groups in total. The Morgan fingerprint density at radius 3 is 2.66 bits per heavy atom. The number of H-pyrrole nitrogens is 1. The molecule has 29 heavy (non-hydrogen) atoms. The maximum atomic E-state index is 12.5. The number of carbonyl (C=O) groups excluding carboxylic acids is 1. The third-order valence-electron chi connectivity index (χ3n) is 5.22. The first-order valence-electron chi connectivity index (χ1n) is 10.00. The molecule has 4 heteroatoms. The monoisotopic (exact) mass is 383 g/mol. The van der Waals surface area contributed by atoms with E-state index in [2.05, 4.69) is 46.5 Å². The lowest BCUT2D eigenvalue weighted by atomic mass is 10.0. The van der Waals surface area contributed by atoms with Crippen LogP contribution in [0.3, 0.4) is 0 Å². The Labute approximate surface area is 171 Å². The molecule has 1 amide bonds. The van der Waals surface area contributed by atoms with Gasteiger partial charge in [0.1, 0.15) is 0 Å². The maximum absolute atomic E-state index is 12.5. The Balaban J connectivity index is 1.49. The predicted molar refractivity (Wildman–Crippen MR) is 119 cm³/mol. The van der Waals surface area contributed by atoms with Gasteiger partial charge in [-0.1, -0.05) is 42.0 Å². The number of hydrogen-bond donors (Lipinski definition) is 2. The lowest BCUT2D eigenvalue weighted by Crippen LogP contribution is -2.12. The van der Waals surface area contributed by atoms with E-state index < -0.39 is 0 Å². The number of nitrogens with zero attached hydrogens (tertiary/aromatic N) is 1. The van der Waals surface area contributed by atoms with Gasteiger partial charge in [-0.25, -0.2) is 0 Å². The zero-order chi connectivity index (χ0) is 20.2. The average molecular weight is 383 g/mol. The van der Waals surface area contributed by atoms with E-state index in [1.165, 1.54) is 16.5 Å². The molecule has 0 atom stereocenters. The Hall–Kier alpha value is -3.40. The second kappa shape index (κ2) is 8.31. The summed E-state index contributed by atoms with van der Waals surface area (Å²) in [6.07, 6.45) is 3.88. The fourth-order valence-electron chi connectivity index (χ4n) is 3.78. The quantitative estimate of drug-likeness (QED) is 0.441. The van der Waals surface area contributed by atoms with Crippen LogP contribution in [-0.4, -0.2) is 15.9 Å². The summed E-state index contributed by atoms with van der Waals surface area (Å²) in [5.41, 5.74) is 7.47. The van der Waals surface area contributed by atoms with Crippen LogP contribution in [0.5, 0.6) is 0 Å². The van der Waals surface area contributed by atoms with E-state index in [1.54, 1.807) is 0 Å². The summed E-state index contributed by atoms with van der Waals surface area (Å²) >= 11 is 0. The van der Waals surface area contributed by atoms with Crippen molar-refractivity contribution in [2.24, 2.45) is 0 Å². The molecule has 0 bridgehead atoms. The summed E-state index contributed by atoms with van der Waals surface area (Å²) in [4.78, 5) is 20.5. The molecule has 0 spiro atoms. The number of nitrogens with one attached hydrogen (secondary N) is 2. The van der Waals surface area contributed by atoms with Crippen LogP contribution in [0.2, 0.25) is 0 Å². The molecule has 0 fully saturated rings. The first-order chi connectivity index (χ1) is 14.1. The molecular formula is C25H25N3O. The number of pyridine rings is 1. The van der Waals surface area contributed by atoms with Gasteiger partial charge in [0.2, 0.25) is 5.91 Å². The van der Waals surface area contributed by atoms with E-state index in [9.17, 15) is 4.79 Å². The SMILES string of the molecule is Cc1ccc(NC(=O)CCCc2c(-c3ccccn3)[nH]c3ccccc23)c(C)c1. The number of aryl methyl sites for hydroxylation is 3. The Morgan fingerprint density at radius 1 is 1.03 bits per heavy atom. The minimum absolute atomic E-state index is 0.0520. The van der Waals surface area contributed by atoms with Gasteiger partial charge in [0.25, 0.3) is 0 Å². The van der Waals surface area contributed by atoms with Crippen LogP contribution in [0, 0.1) is 13.8 Å². The van der Waals surface area contributed by atoms with Crippen LogP contribution in [0.4, 0.5) is 5.69 Å². The summed E-state index contributed by atoms with van der Waals surface area (Å²) in [5.74, 6) is 0.0520. The van der Waals surface area contributed by atoms with Gasteiger partial charge in [-0.05, 0) is 62.1 Å². The van der Waals surface area contributed by atoms with Gasteiger partial charge < -0.3 is 10.3 Å². The molecule has 146 valence electrons. The highest BCUT2D eigenvalue weighted by molar-refractivity contribution is 5.92. The highest BCUT2D eigenvalue weighted by Crippen LogP contribution is 2.30. The van der Waals surface area contributed by atoms with Crippen molar-refractivity contribution in [3.05, 3.63) is 83.6 Å². The largest absolute Gasteiger partial charge is 0.353 e. The normalized spacial score (nSPS) is 11.0. The number of aromatic nitrogens is 2. The fourth-order valence-corrected chi connectivity index (χ4v) is 3.78. The first-order valence-corrected chi connectivity index (χ1v) is 10.00. The number of carbonyl (C=O) groups is 1. The topological polar surface area (TPSA) is 57.8 Å². The van der Waals surface area contributed by atoms with Crippen molar-refractivity contribution >= 4 is 22.5 Å². The second-order valence-corrected chi connectivity index (χ2v) is 7.46. The molecule has 0 aliphatic carbocycles. The van der Waals surface area contributed by atoms with Crippen LogP contribution < -0.4 is 5.32 Å². The van der Waals surface area contributed by atoms with Crippen molar-refractivity contribution in [2.75, 3.05) is 5.32 Å². The van der Waals surface area contributed by atoms with E-state index in [0.717, 1.165) is 41.0 Å². The van der Waals surface area contributed by atoms with Gasteiger partial charge in [-0.15, -0.1) is 0 Å². The van der Waals surface area contributed by atoms with Crippen LogP contribution in [0.25, 0.3) is 22.3 Å². The standard InChI is InChI=1S/C25H25N3O/c1-17-13-14-21(18(2)16-17)27-24(29)12-7-9-20-19-8-3-4-10-22(19)28-25(20)23-11-5-6-15-26-23/h3-6,8,10-11,13-16,28H,7,9,12H2,1-2H3,(H,27,29). The number of para-hydroxylation sites is 1. The average Bonchev–Trinajstić information content (AvgIpc) is 3.10. The summed E-state index contributed by atoms with van der Waals surface area (Å²) in [6, 6.07) is 20.3. The third kappa shape index (κ3) is 4.21. The van der Waals surface area contributed by atoms with Crippen molar-refractivity contribution in [1.29, 1.82) is 0 Å². The Kier molecular flexibility index (Phi) is 5.43. The molecular weight excluding hydrogens is 358 g/mol. The van der Waals surface area contributed by atoms with E-state index in [1.807, 2.05) is 49.5 Å². The zero-order valence-electron chi connectivity index (χ0n) is 16.8. The highest BCUT2D eigenvalue weighted by Gasteiger charge is 2.14. The van der Waals surface area contributed by atoms with E-state index >= 15 is 0 Å². The van der Waals surface area contributed by atoms with Crippen LogP contribution in [0.1, 0.15) is 29.5 Å². The van der Waals surface area contributed by atoms with Crippen LogP contribution in [-0.2, 0) is 11.2 Å². The second-order valence-electron chi connectivity index (χ2n) is 7.46. The van der Waals surface area contributed by atoms with Gasteiger partial charge in [-0.2, -0.15) is 0 Å². The molecule has 2 aromatic carbocycles. The summed E-state index contributed by atoms with van der Waals surface area (Å²) in [7, 11) is 0. The molecule has 2 heterocycles. The summed E-state index contributed by atoms with van der Waals surface area (Å²) < 4.78 is 0. The predicted octanol–water partition coefficient (Wildman–Crippen LogP) is 5.81. The van der Waals surface area contributed by atoms with Gasteiger partial charge in [0.15, 0.2) is 0 Å². The number of anilines is 1. The Morgan fingerprint density at radius 2 is 1.86 bits per heavy atom. The van der Waals surface area contributed by atoms with Crippen LogP contribution in [0.15, 0.2) is 66.9 Å². The Bertz CT molecular complexity index is 1150. The van der Waals surface area contributed by atoms with Gasteiger partial charge in [0.05, 0.1) is 11.4 Å². The number of benzene rings is 2. The van der Waals surface area contributed by atoms with Crippen molar-refractivity contribution in [3.63, 3.8) is 0 Å². The van der Waals surface area contributed by atoms with Crippen LogP contribution >= 0.6 is 0 Å². The van der Waals surface area contributed by atoms with E-state index in [-0.39, 0.29) is 5.91 Å². The minimum atomic E-state index is 0.0520. The summed E-state index contributed by atoms with van der Waals surface area (Å²) in [5, 5.41) is 4.24. The molecule has 0 unspecified atom stereocenters. The number of rotatable bonds is 6. The molecule has 0 saturated carbocycles. The summed E-state index contributed by atoms with van der Waals surface area (Å²) in [6.45, 7) is 4.08. The third-order valence-corrected chi connectivity index (χ3v) is 5.22. The zero-order valence-corrected chi connectivity index (χ0v) is 16.8. The molecule has 0 aliphatic heterocycles. The number of amides is 1. The highest BCUT2D eigenvalue weighted by atomic mass is 16.1. The molecule has 4 rings (SSSR count). The molecule has 0 aliphatic rings. The minimum Gasteiger partial charge on any atom is -0.353 e. The van der Waals surface area contributed by atoms with Crippen molar-refractivity contribution in [2.45, 2.75) is 33.1 Å². The number of fused-ring (bicyclic) bond motifs is 1. The van der Waals surface area contributed by atoms with E-state index in [0.29, 0.717) is 6.42 Å². The molecule has 0 radical (unpaired) electrons. The van der Waals surface area contributed by atoms with E-state index in [4.69, 9.17) is 0 Å². The van der Waals surface area contributed by atoms with Crippen molar-refractivity contribution in [1.82, 2.24) is 9.97 Å². The molecule has 4 nitrogen and oxygen atoms in total. The molecule has 0 saturated heterocycles. The van der Waals surface area contributed by atoms with Crippen molar-refractivity contribution < 1.29 is 4.79 Å². The lowest BCUT2D eigenvalue weighted by Gasteiger charge is -2.09.